The molecule has 0 aliphatic carbocycles. The van der Waals surface area contributed by atoms with E-state index in [-0.39, 0.29) is 5.91 Å². The summed E-state index contributed by atoms with van der Waals surface area (Å²) in [5.41, 5.74) is 15.4. The molecule has 0 saturated carbocycles. The van der Waals surface area contributed by atoms with Gasteiger partial charge in [0.15, 0.2) is 0 Å². The standard InChI is InChI=1S/C12H14N4OS/c13-8-1-2-10(11(14)5-8)12(17)15-4-3-9-6-18-7-16-9/h1-2,5-7H,3-4,13-14H2,(H,15,17). The van der Waals surface area contributed by atoms with E-state index in [4.69, 9.17) is 11.5 Å². The maximum atomic E-state index is 11.9. The van der Waals surface area contributed by atoms with Gasteiger partial charge >= 0.3 is 0 Å². The number of aromatic nitrogens is 1. The van der Waals surface area contributed by atoms with Crippen molar-refractivity contribution in [2.45, 2.75) is 6.42 Å². The van der Waals surface area contributed by atoms with E-state index in [1.54, 1.807) is 35.0 Å². The lowest BCUT2D eigenvalue weighted by atomic mass is 10.1. The maximum absolute atomic E-state index is 11.9. The number of hydrogen-bond acceptors (Lipinski definition) is 5. The van der Waals surface area contributed by atoms with Gasteiger partial charge in [0.1, 0.15) is 0 Å². The fourth-order valence-corrected chi connectivity index (χ4v) is 2.14. The van der Waals surface area contributed by atoms with Gasteiger partial charge < -0.3 is 16.8 Å². The van der Waals surface area contributed by atoms with Gasteiger partial charge in [0.05, 0.1) is 16.8 Å². The largest absolute Gasteiger partial charge is 0.399 e. The number of nitrogen functional groups attached to an aromatic ring is 2. The molecule has 0 atom stereocenters. The summed E-state index contributed by atoms with van der Waals surface area (Å²) < 4.78 is 0. The summed E-state index contributed by atoms with van der Waals surface area (Å²) in [5.74, 6) is -0.192. The second-order valence-corrected chi connectivity index (χ2v) is 4.55. The molecule has 1 aromatic heterocycles. The van der Waals surface area contributed by atoms with Gasteiger partial charge in [0.2, 0.25) is 0 Å². The molecule has 0 bridgehead atoms. The Hall–Kier alpha value is -2.08. The third-order valence-corrected chi connectivity index (χ3v) is 3.11. The van der Waals surface area contributed by atoms with Crippen LogP contribution in [0.2, 0.25) is 0 Å². The molecule has 0 spiro atoms. The lowest BCUT2D eigenvalue weighted by Crippen LogP contribution is -2.26. The Morgan fingerprint density at radius 1 is 1.39 bits per heavy atom. The van der Waals surface area contributed by atoms with Gasteiger partial charge in [-0.2, -0.15) is 0 Å². The van der Waals surface area contributed by atoms with Crippen LogP contribution in [0.5, 0.6) is 0 Å². The van der Waals surface area contributed by atoms with Crippen molar-refractivity contribution in [2.75, 3.05) is 18.0 Å². The van der Waals surface area contributed by atoms with Crippen LogP contribution in [0.25, 0.3) is 0 Å². The Bertz CT molecular complexity index is 539. The molecule has 1 aromatic carbocycles. The summed E-state index contributed by atoms with van der Waals surface area (Å²) in [7, 11) is 0. The van der Waals surface area contributed by atoms with Gasteiger partial charge in [0, 0.05) is 29.7 Å². The van der Waals surface area contributed by atoms with Crippen LogP contribution in [-0.2, 0) is 6.42 Å². The average molecular weight is 262 g/mol. The van der Waals surface area contributed by atoms with E-state index >= 15 is 0 Å². The third-order valence-electron chi connectivity index (χ3n) is 2.47. The summed E-state index contributed by atoms with van der Waals surface area (Å²) in [4.78, 5) is 16.0. The summed E-state index contributed by atoms with van der Waals surface area (Å²) in [5, 5.41) is 4.76. The molecule has 2 rings (SSSR count). The van der Waals surface area contributed by atoms with Crippen LogP contribution in [0.15, 0.2) is 29.1 Å². The molecule has 5 nitrogen and oxygen atoms in total. The first-order chi connectivity index (χ1) is 8.66. The van der Waals surface area contributed by atoms with E-state index in [1.165, 1.54) is 0 Å². The molecule has 2 aromatic rings. The minimum atomic E-state index is -0.192. The number of benzene rings is 1. The van der Waals surface area contributed by atoms with E-state index in [1.807, 2.05) is 5.38 Å². The Balaban J connectivity index is 1.91. The predicted molar refractivity (Wildman–Crippen MR) is 73.4 cm³/mol. The van der Waals surface area contributed by atoms with Crippen molar-refractivity contribution in [3.05, 3.63) is 40.3 Å². The molecule has 5 N–H and O–H groups in total. The zero-order valence-corrected chi connectivity index (χ0v) is 10.5. The minimum absolute atomic E-state index is 0.192. The van der Waals surface area contributed by atoms with Crippen molar-refractivity contribution in [3.63, 3.8) is 0 Å². The topological polar surface area (TPSA) is 94.0 Å². The first kappa shape index (κ1) is 12.4. The van der Waals surface area contributed by atoms with Crippen LogP contribution in [0, 0.1) is 0 Å². The quantitative estimate of drug-likeness (QED) is 0.723. The Kier molecular flexibility index (Phi) is 3.78. The molecule has 94 valence electrons. The number of hydrogen-bond donors (Lipinski definition) is 3. The second kappa shape index (κ2) is 5.50. The molecular formula is C12H14N4OS. The maximum Gasteiger partial charge on any atom is 0.253 e. The van der Waals surface area contributed by atoms with Crippen LogP contribution in [0.4, 0.5) is 11.4 Å². The summed E-state index contributed by atoms with van der Waals surface area (Å²) in [6.07, 6.45) is 0.712. The first-order valence-electron chi connectivity index (χ1n) is 5.47. The van der Waals surface area contributed by atoms with Crippen molar-refractivity contribution in [1.82, 2.24) is 10.3 Å². The number of rotatable bonds is 4. The highest BCUT2D eigenvalue weighted by atomic mass is 32.1. The first-order valence-corrected chi connectivity index (χ1v) is 6.41. The van der Waals surface area contributed by atoms with Gasteiger partial charge in [0.25, 0.3) is 5.91 Å². The molecule has 0 unspecified atom stereocenters. The van der Waals surface area contributed by atoms with Gasteiger partial charge in [-0.05, 0) is 18.2 Å². The molecule has 0 aliphatic rings. The number of anilines is 2. The predicted octanol–water partition coefficient (Wildman–Crippen LogP) is 1.28. The monoisotopic (exact) mass is 262 g/mol. The van der Waals surface area contributed by atoms with Crippen molar-refractivity contribution < 1.29 is 4.79 Å². The number of nitrogens with one attached hydrogen (secondary N) is 1. The molecule has 0 radical (unpaired) electrons. The van der Waals surface area contributed by atoms with Crippen LogP contribution in [0.1, 0.15) is 16.1 Å². The number of nitrogens with zero attached hydrogens (tertiary/aromatic N) is 1. The van der Waals surface area contributed by atoms with E-state index in [0.717, 1.165) is 5.69 Å². The fraction of sp³-hybridized carbons (Fsp3) is 0.167. The van der Waals surface area contributed by atoms with Gasteiger partial charge in [-0.25, -0.2) is 4.98 Å². The second-order valence-electron chi connectivity index (χ2n) is 3.83. The average Bonchev–Trinajstić information content (AvgIpc) is 2.81. The number of carbonyl (C=O) groups is 1. The van der Waals surface area contributed by atoms with Gasteiger partial charge in [-0.3, -0.25) is 4.79 Å². The molecule has 0 saturated heterocycles. The summed E-state index contributed by atoms with van der Waals surface area (Å²) >= 11 is 1.54. The minimum Gasteiger partial charge on any atom is -0.399 e. The van der Waals surface area contributed by atoms with Crippen LogP contribution in [-0.4, -0.2) is 17.4 Å². The smallest absolute Gasteiger partial charge is 0.253 e. The number of amides is 1. The zero-order chi connectivity index (χ0) is 13.0. The molecular weight excluding hydrogens is 248 g/mol. The van der Waals surface area contributed by atoms with E-state index in [0.29, 0.717) is 29.9 Å². The van der Waals surface area contributed by atoms with Crippen molar-refractivity contribution in [2.24, 2.45) is 0 Å². The lowest BCUT2D eigenvalue weighted by Gasteiger charge is -2.07. The number of thiazole rings is 1. The fourth-order valence-electron chi connectivity index (χ4n) is 1.55. The van der Waals surface area contributed by atoms with Crippen LogP contribution in [0.3, 0.4) is 0 Å². The van der Waals surface area contributed by atoms with Gasteiger partial charge in [-0.1, -0.05) is 0 Å². The van der Waals surface area contributed by atoms with E-state index in [9.17, 15) is 4.79 Å². The Labute approximate surface area is 109 Å². The normalized spacial score (nSPS) is 10.2. The zero-order valence-electron chi connectivity index (χ0n) is 9.72. The summed E-state index contributed by atoms with van der Waals surface area (Å²) in [6, 6.07) is 4.86. The highest BCUT2D eigenvalue weighted by Gasteiger charge is 2.09. The highest BCUT2D eigenvalue weighted by molar-refractivity contribution is 7.07. The highest BCUT2D eigenvalue weighted by Crippen LogP contribution is 2.15. The van der Waals surface area contributed by atoms with E-state index in [2.05, 4.69) is 10.3 Å². The lowest BCUT2D eigenvalue weighted by molar-refractivity contribution is 0.0955. The molecule has 0 fully saturated rings. The Morgan fingerprint density at radius 3 is 2.89 bits per heavy atom. The molecule has 0 aliphatic heterocycles. The number of nitrogens with two attached hydrogens (primary N) is 2. The molecule has 1 heterocycles. The summed E-state index contributed by atoms with van der Waals surface area (Å²) in [6.45, 7) is 0.534. The van der Waals surface area contributed by atoms with Crippen LogP contribution < -0.4 is 16.8 Å². The van der Waals surface area contributed by atoms with Crippen LogP contribution >= 0.6 is 11.3 Å². The van der Waals surface area contributed by atoms with Crippen molar-refractivity contribution >= 4 is 28.6 Å². The van der Waals surface area contributed by atoms with Crippen molar-refractivity contribution in [1.29, 1.82) is 0 Å². The van der Waals surface area contributed by atoms with Crippen molar-refractivity contribution in [3.8, 4) is 0 Å². The van der Waals surface area contributed by atoms with E-state index < -0.39 is 0 Å². The molecule has 18 heavy (non-hydrogen) atoms. The number of carbonyl (C=O) groups excluding carboxylic acids is 1. The van der Waals surface area contributed by atoms with Gasteiger partial charge in [-0.15, -0.1) is 11.3 Å². The Morgan fingerprint density at radius 2 is 2.22 bits per heavy atom. The third kappa shape index (κ3) is 2.98. The SMILES string of the molecule is Nc1ccc(C(=O)NCCc2cscn2)c(N)c1. The molecule has 6 heteroatoms. The molecule has 1 amide bonds.